The first-order valence-corrected chi connectivity index (χ1v) is 5.61. The number of carbonyl (C=O) groups is 1. The minimum absolute atomic E-state index is 0.00915. The summed E-state index contributed by atoms with van der Waals surface area (Å²) in [6.07, 6.45) is 2.36. The van der Waals surface area contributed by atoms with Crippen LogP contribution in [0.2, 0.25) is 0 Å². The van der Waals surface area contributed by atoms with E-state index in [0.29, 0.717) is 12.2 Å². The number of nitrogens with two attached hydrogens (primary N) is 1. The average molecular weight is 221 g/mol. The molecule has 16 heavy (non-hydrogen) atoms. The lowest BCUT2D eigenvalue weighted by atomic mass is 9.99. The zero-order valence-corrected chi connectivity index (χ0v) is 9.86. The fraction of sp³-hybridized carbons (Fsp3) is 0.462. The molecule has 0 amide bonds. The van der Waals surface area contributed by atoms with Crippen LogP contribution in [0.25, 0.3) is 0 Å². The predicted molar refractivity (Wildman–Crippen MR) is 64.5 cm³/mol. The molecule has 0 aliphatic heterocycles. The van der Waals surface area contributed by atoms with Crippen molar-refractivity contribution >= 4 is 5.78 Å². The Balaban J connectivity index is 2.82. The smallest absolute Gasteiger partial charge is 0.146 e. The molecule has 1 aromatic rings. The van der Waals surface area contributed by atoms with Gasteiger partial charge in [-0.1, -0.05) is 25.5 Å². The summed E-state index contributed by atoms with van der Waals surface area (Å²) in [6.45, 7) is 3.56. The van der Waals surface area contributed by atoms with E-state index in [1.165, 1.54) is 6.92 Å². The fourth-order valence-electron chi connectivity index (χ4n) is 1.63. The second-order valence-electron chi connectivity index (χ2n) is 4.13. The molecule has 0 radical (unpaired) electrons. The molecule has 0 aliphatic carbocycles. The number of Topliss-reactive ketones (excluding diaryl/α,β-unsaturated/α-hetero) is 1. The van der Waals surface area contributed by atoms with Crippen molar-refractivity contribution in [2.75, 3.05) is 0 Å². The Labute approximate surface area is 96.3 Å². The molecule has 0 heterocycles. The van der Waals surface area contributed by atoms with Crippen molar-refractivity contribution in [3.8, 4) is 5.75 Å². The van der Waals surface area contributed by atoms with Crippen LogP contribution in [-0.2, 0) is 17.6 Å². The number of hydrogen-bond acceptors (Lipinski definition) is 3. The molecule has 0 aliphatic rings. The second-order valence-corrected chi connectivity index (χ2v) is 4.13. The van der Waals surface area contributed by atoms with E-state index in [-0.39, 0.29) is 5.78 Å². The first kappa shape index (κ1) is 12.7. The molecule has 0 unspecified atom stereocenters. The highest BCUT2D eigenvalue weighted by atomic mass is 16.3. The molecule has 1 atom stereocenters. The van der Waals surface area contributed by atoms with Gasteiger partial charge in [-0.25, -0.2) is 0 Å². The van der Waals surface area contributed by atoms with E-state index in [2.05, 4.69) is 6.92 Å². The number of aryl methyl sites for hydroxylation is 1. The monoisotopic (exact) mass is 221 g/mol. The van der Waals surface area contributed by atoms with E-state index in [0.717, 1.165) is 24.0 Å². The lowest BCUT2D eigenvalue weighted by Crippen LogP contribution is -2.30. The molecule has 0 spiro atoms. The van der Waals surface area contributed by atoms with Crippen LogP contribution in [0.15, 0.2) is 18.2 Å². The van der Waals surface area contributed by atoms with Crippen LogP contribution in [0.4, 0.5) is 0 Å². The zero-order valence-electron chi connectivity index (χ0n) is 9.86. The van der Waals surface area contributed by atoms with E-state index in [9.17, 15) is 9.90 Å². The largest absolute Gasteiger partial charge is 0.508 e. The summed E-state index contributed by atoms with van der Waals surface area (Å²) < 4.78 is 0. The van der Waals surface area contributed by atoms with E-state index < -0.39 is 6.04 Å². The highest BCUT2D eigenvalue weighted by Gasteiger charge is 2.10. The molecule has 0 saturated heterocycles. The molecule has 3 nitrogen and oxygen atoms in total. The summed E-state index contributed by atoms with van der Waals surface area (Å²) in [5.41, 5.74) is 7.63. The van der Waals surface area contributed by atoms with E-state index in [1.54, 1.807) is 6.07 Å². The molecule has 0 saturated carbocycles. The SMILES string of the molecule is CCCc1cc(C[C@H](N)C(C)=O)ccc1O. The summed E-state index contributed by atoms with van der Waals surface area (Å²) in [4.78, 5) is 11.1. The van der Waals surface area contributed by atoms with Gasteiger partial charge in [0.15, 0.2) is 0 Å². The molecular weight excluding hydrogens is 202 g/mol. The van der Waals surface area contributed by atoms with Crippen LogP contribution in [-0.4, -0.2) is 16.9 Å². The molecule has 88 valence electrons. The van der Waals surface area contributed by atoms with Gasteiger partial charge in [0, 0.05) is 0 Å². The van der Waals surface area contributed by atoms with Crippen LogP contribution in [0.5, 0.6) is 5.75 Å². The van der Waals surface area contributed by atoms with Gasteiger partial charge in [0.25, 0.3) is 0 Å². The Morgan fingerprint density at radius 2 is 2.19 bits per heavy atom. The minimum atomic E-state index is -0.445. The Kier molecular flexibility index (Phi) is 4.50. The summed E-state index contributed by atoms with van der Waals surface area (Å²) in [5, 5.41) is 9.61. The maximum absolute atomic E-state index is 11.1. The van der Waals surface area contributed by atoms with Crippen molar-refractivity contribution in [2.45, 2.75) is 39.2 Å². The molecular formula is C13H19NO2. The van der Waals surface area contributed by atoms with Gasteiger partial charge >= 0.3 is 0 Å². The van der Waals surface area contributed by atoms with Gasteiger partial charge in [0.05, 0.1) is 6.04 Å². The van der Waals surface area contributed by atoms with Gasteiger partial charge in [0.1, 0.15) is 11.5 Å². The molecule has 3 heteroatoms. The molecule has 0 aromatic heterocycles. The first-order valence-electron chi connectivity index (χ1n) is 5.61. The van der Waals surface area contributed by atoms with Crippen molar-refractivity contribution in [3.05, 3.63) is 29.3 Å². The highest BCUT2D eigenvalue weighted by molar-refractivity contribution is 5.81. The number of carbonyl (C=O) groups excluding carboxylic acids is 1. The number of phenolic OH excluding ortho intramolecular Hbond substituents is 1. The molecule has 0 bridgehead atoms. The predicted octanol–water partition coefficient (Wildman–Crippen LogP) is 1.80. The molecule has 3 N–H and O–H groups in total. The second kappa shape index (κ2) is 5.66. The lowest BCUT2D eigenvalue weighted by molar-refractivity contribution is -0.118. The van der Waals surface area contributed by atoms with E-state index >= 15 is 0 Å². The fourth-order valence-corrected chi connectivity index (χ4v) is 1.63. The average Bonchev–Trinajstić information content (AvgIpc) is 2.23. The standard InChI is InChI=1S/C13H19NO2/c1-3-4-11-7-10(5-6-13(11)16)8-12(14)9(2)15/h5-7,12,16H,3-4,8,14H2,1-2H3/t12-/m0/s1. The van der Waals surface area contributed by atoms with Crippen LogP contribution in [0, 0.1) is 0 Å². The summed E-state index contributed by atoms with van der Waals surface area (Å²) >= 11 is 0. The van der Waals surface area contributed by atoms with Crippen molar-refractivity contribution in [1.29, 1.82) is 0 Å². The topological polar surface area (TPSA) is 63.3 Å². The van der Waals surface area contributed by atoms with Gasteiger partial charge in [-0.3, -0.25) is 4.79 Å². The Hall–Kier alpha value is -1.35. The summed E-state index contributed by atoms with van der Waals surface area (Å²) in [5.74, 6) is 0.312. The van der Waals surface area contributed by atoms with Gasteiger partial charge in [-0.2, -0.15) is 0 Å². The number of benzene rings is 1. The maximum Gasteiger partial charge on any atom is 0.146 e. The Morgan fingerprint density at radius 3 is 2.75 bits per heavy atom. The van der Waals surface area contributed by atoms with Crippen LogP contribution in [0.3, 0.4) is 0 Å². The third kappa shape index (κ3) is 3.35. The van der Waals surface area contributed by atoms with Gasteiger partial charge in [-0.05, 0) is 37.0 Å². The normalized spacial score (nSPS) is 12.4. The van der Waals surface area contributed by atoms with E-state index in [1.807, 2.05) is 12.1 Å². The number of ketones is 1. The number of hydrogen-bond donors (Lipinski definition) is 2. The van der Waals surface area contributed by atoms with Crippen molar-refractivity contribution in [3.63, 3.8) is 0 Å². The van der Waals surface area contributed by atoms with Crippen molar-refractivity contribution in [1.82, 2.24) is 0 Å². The van der Waals surface area contributed by atoms with Crippen LogP contribution in [0.1, 0.15) is 31.4 Å². The third-order valence-corrected chi connectivity index (χ3v) is 2.64. The number of aromatic hydroxyl groups is 1. The van der Waals surface area contributed by atoms with Crippen LogP contribution < -0.4 is 5.73 Å². The third-order valence-electron chi connectivity index (χ3n) is 2.64. The zero-order chi connectivity index (χ0) is 12.1. The van der Waals surface area contributed by atoms with Crippen molar-refractivity contribution < 1.29 is 9.90 Å². The van der Waals surface area contributed by atoms with Gasteiger partial charge in [-0.15, -0.1) is 0 Å². The quantitative estimate of drug-likeness (QED) is 0.797. The first-order chi connectivity index (χ1) is 7.54. The van der Waals surface area contributed by atoms with Gasteiger partial charge < -0.3 is 10.8 Å². The lowest BCUT2D eigenvalue weighted by Gasteiger charge is -2.10. The van der Waals surface area contributed by atoms with Crippen molar-refractivity contribution in [2.24, 2.45) is 5.73 Å². The Morgan fingerprint density at radius 1 is 1.50 bits per heavy atom. The Bertz CT molecular complexity index is 374. The van der Waals surface area contributed by atoms with Crippen LogP contribution >= 0.6 is 0 Å². The number of phenols is 1. The maximum atomic E-state index is 11.1. The minimum Gasteiger partial charge on any atom is -0.508 e. The summed E-state index contributed by atoms with van der Waals surface area (Å²) in [7, 11) is 0. The summed E-state index contributed by atoms with van der Waals surface area (Å²) in [6, 6.07) is 4.98. The highest BCUT2D eigenvalue weighted by Crippen LogP contribution is 2.20. The van der Waals surface area contributed by atoms with Gasteiger partial charge in [0.2, 0.25) is 0 Å². The molecule has 1 rings (SSSR count). The molecule has 0 fully saturated rings. The number of rotatable bonds is 5. The van der Waals surface area contributed by atoms with E-state index in [4.69, 9.17) is 5.73 Å². The molecule has 1 aromatic carbocycles.